The minimum Gasteiger partial charge on any atom is -0.468 e. The molecule has 4 heteroatoms. The van der Waals surface area contributed by atoms with Gasteiger partial charge in [0.25, 0.3) is 0 Å². The maximum atomic E-state index is 11.9. The molecule has 4 nitrogen and oxygen atoms in total. The SMILES string of the molecule is COC(=O)C1(N)CCCC1CCN(C)C(C)C(C)(C)C. The molecule has 1 saturated carbocycles. The van der Waals surface area contributed by atoms with Gasteiger partial charge in [0.2, 0.25) is 0 Å². The molecule has 118 valence electrons. The molecule has 3 unspecified atom stereocenters. The lowest BCUT2D eigenvalue weighted by Gasteiger charge is -2.37. The summed E-state index contributed by atoms with van der Waals surface area (Å²) in [5, 5.41) is 0. The third-order valence-corrected chi connectivity index (χ3v) is 5.18. The van der Waals surface area contributed by atoms with Crippen molar-refractivity contribution >= 4 is 5.97 Å². The average molecular weight is 284 g/mol. The van der Waals surface area contributed by atoms with Crippen molar-refractivity contribution in [3.05, 3.63) is 0 Å². The van der Waals surface area contributed by atoms with Crippen LogP contribution in [0.1, 0.15) is 53.4 Å². The van der Waals surface area contributed by atoms with E-state index in [9.17, 15) is 4.79 Å². The number of rotatable bonds is 5. The summed E-state index contributed by atoms with van der Waals surface area (Å²) in [6.45, 7) is 9.99. The number of methoxy groups -OCH3 is 1. The summed E-state index contributed by atoms with van der Waals surface area (Å²) in [5.74, 6) is -0.00362. The van der Waals surface area contributed by atoms with Gasteiger partial charge < -0.3 is 15.4 Å². The number of carbonyl (C=O) groups excluding carboxylic acids is 1. The molecule has 0 spiro atoms. The minimum absolute atomic E-state index is 0.240. The molecule has 0 amide bonds. The normalized spacial score (nSPS) is 28.7. The van der Waals surface area contributed by atoms with Crippen molar-refractivity contribution in [1.82, 2.24) is 4.90 Å². The van der Waals surface area contributed by atoms with Gasteiger partial charge in [-0.15, -0.1) is 0 Å². The summed E-state index contributed by atoms with van der Waals surface area (Å²) >= 11 is 0. The lowest BCUT2D eigenvalue weighted by Crippen LogP contribution is -2.52. The number of nitrogens with zero attached hydrogens (tertiary/aromatic N) is 1. The monoisotopic (exact) mass is 284 g/mol. The first-order valence-electron chi connectivity index (χ1n) is 7.70. The molecular weight excluding hydrogens is 252 g/mol. The van der Waals surface area contributed by atoms with Crippen molar-refractivity contribution in [3.8, 4) is 0 Å². The zero-order valence-electron chi connectivity index (χ0n) is 14.0. The smallest absolute Gasteiger partial charge is 0.326 e. The number of hydrogen-bond donors (Lipinski definition) is 1. The van der Waals surface area contributed by atoms with E-state index in [-0.39, 0.29) is 17.3 Å². The average Bonchev–Trinajstić information content (AvgIpc) is 2.75. The Morgan fingerprint density at radius 3 is 2.60 bits per heavy atom. The highest BCUT2D eigenvalue weighted by Crippen LogP contribution is 2.37. The number of ether oxygens (including phenoxy) is 1. The molecule has 0 aromatic carbocycles. The molecule has 2 N–H and O–H groups in total. The Morgan fingerprint density at radius 1 is 1.50 bits per heavy atom. The molecule has 0 saturated heterocycles. The molecule has 1 aliphatic rings. The third-order valence-electron chi connectivity index (χ3n) is 5.18. The molecule has 0 aromatic heterocycles. The summed E-state index contributed by atoms with van der Waals surface area (Å²) in [6.07, 6.45) is 3.77. The van der Waals surface area contributed by atoms with E-state index in [1.807, 2.05) is 0 Å². The van der Waals surface area contributed by atoms with Crippen molar-refractivity contribution in [2.75, 3.05) is 20.7 Å². The molecule has 0 radical (unpaired) electrons. The van der Waals surface area contributed by atoms with Gasteiger partial charge in [0.05, 0.1) is 7.11 Å². The van der Waals surface area contributed by atoms with Crippen LogP contribution in [0.3, 0.4) is 0 Å². The topological polar surface area (TPSA) is 55.6 Å². The van der Waals surface area contributed by atoms with Gasteiger partial charge >= 0.3 is 5.97 Å². The van der Waals surface area contributed by atoms with Crippen molar-refractivity contribution in [1.29, 1.82) is 0 Å². The maximum Gasteiger partial charge on any atom is 0.326 e. The fourth-order valence-corrected chi connectivity index (χ4v) is 3.18. The van der Waals surface area contributed by atoms with Gasteiger partial charge in [-0.05, 0) is 51.1 Å². The zero-order valence-corrected chi connectivity index (χ0v) is 14.0. The van der Waals surface area contributed by atoms with Gasteiger partial charge in [-0.25, -0.2) is 0 Å². The summed E-state index contributed by atoms with van der Waals surface area (Å²) < 4.78 is 4.90. The molecule has 1 aliphatic carbocycles. The van der Waals surface area contributed by atoms with E-state index in [0.29, 0.717) is 6.04 Å². The van der Waals surface area contributed by atoms with Gasteiger partial charge in [-0.3, -0.25) is 4.79 Å². The second-order valence-corrected chi connectivity index (χ2v) is 7.43. The zero-order chi connectivity index (χ0) is 15.6. The lowest BCUT2D eigenvalue weighted by atomic mass is 9.84. The summed E-state index contributed by atoms with van der Waals surface area (Å²) in [6, 6.07) is 0.495. The van der Waals surface area contributed by atoms with Crippen LogP contribution in [0.25, 0.3) is 0 Å². The third kappa shape index (κ3) is 3.73. The van der Waals surface area contributed by atoms with Gasteiger partial charge in [-0.1, -0.05) is 27.2 Å². The second-order valence-electron chi connectivity index (χ2n) is 7.43. The molecule has 0 aliphatic heterocycles. The van der Waals surface area contributed by atoms with E-state index in [1.54, 1.807) is 0 Å². The largest absolute Gasteiger partial charge is 0.468 e. The number of nitrogens with two attached hydrogens (primary N) is 1. The van der Waals surface area contributed by atoms with Gasteiger partial charge in [0.1, 0.15) is 5.54 Å². The Kier molecular flexibility index (Phi) is 5.61. The molecule has 20 heavy (non-hydrogen) atoms. The quantitative estimate of drug-likeness (QED) is 0.788. The standard InChI is InChI=1S/C16H32N2O2/c1-12(15(2,3)4)18(5)11-9-13-8-7-10-16(13,17)14(19)20-6/h12-13H,7-11,17H2,1-6H3. The Morgan fingerprint density at radius 2 is 2.10 bits per heavy atom. The van der Waals surface area contributed by atoms with Crippen LogP contribution in [0.2, 0.25) is 0 Å². The summed E-state index contributed by atoms with van der Waals surface area (Å²) in [5.41, 5.74) is 5.81. The van der Waals surface area contributed by atoms with Crippen LogP contribution >= 0.6 is 0 Å². The molecular formula is C16H32N2O2. The highest BCUT2D eigenvalue weighted by molar-refractivity contribution is 5.81. The summed E-state index contributed by atoms with van der Waals surface area (Å²) in [7, 11) is 3.58. The van der Waals surface area contributed by atoms with E-state index in [4.69, 9.17) is 10.5 Å². The Bertz CT molecular complexity index is 338. The van der Waals surface area contributed by atoms with Gasteiger partial charge in [0.15, 0.2) is 0 Å². The molecule has 0 bridgehead atoms. The van der Waals surface area contributed by atoms with Crippen LogP contribution in [0.5, 0.6) is 0 Å². The van der Waals surface area contributed by atoms with Gasteiger partial charge in [-0.2, -0.15) is 0 Å². The predicted molar refractivity (Wildman–Crippen MR) is 82.4 cm³/mol. The van der Waals surface area contributed by atoms with E-state index in [0.717, 1.165) is 32.2 Å². The van der Waals surface area contributed by atoms with Crippen LogP contribution in [-0.2, 0) is 9.53 Å². The van der Waals surface area contributed by atoms with E-state index in [1.165, 1.54) is 7.11 Å². The van der Waals surface area contributed by atoms with Crippen LogP contribution in [0.4, 0.5) is 0 Å². The highest BCUT2D eigenvalue weighted by Gasteiger charge is 2.46. The Balaban J connectivity index is 2.59. The van der Waals surface area contributed by atoms with E-state index < -0.39 is 5.54 Å². The second kappa shape index (κ2) is 6.44. The van der Waals surface area contributed by atoms with Crippen molar-refractivity contribution in [2.24, 2.45) is 17.1 Å². The van der Waals surface area contributed by atoms with Crippen molar-refractivity contribution < 1.29 is 9.53 Å². The maximum absolute atomic E-state index is 11.9. The molecule has 0 aromatic rings. The van der Waals surface area contributed by atoms with Crippen molar-refractivity contribution in [2.45, 2.75) is 65.0 Å². The molecule has 3 atom stereocenters. The first-order chi connectivity index (χ1) is 9.13. The van der Waals surface area contributed by atoms with Crippen LogP contribution in [0, 0.1) is 11.3 Å². The molecule has 0 heterocycles. The number of carbonyl (C=O) groups is 1. The van der Waals surface area contributed by atoms with Crippen LogP contribution in [0.15, 0.2) is 0 Å². The predicted octanol–water partition coefficient (Wildman–Crippen LogP) is 2.41. The Labute approximate surface area is 124 Å². The summed E-state index contributed by atoms with van der Waals surface area (Å²) in [4.78, 5) is 14.3. The van der Waals surface area contributed by atoms with Crippen LogP contribution < -0.4 is 5.73 Å². The number of esters is 1. The molecule has 1 rings (SSSR count). The molecule has 1 fully saturated rings. The van der Waals surface area contributed by atoms with Crippen molar-refractivity contribution in [3.63, 3.8) is 0 Å². The fraction of sp³-hybridized carbons (Fsp3) is 0.938. The fourth-order valence-electron chi connectivity index (χ4n) is 3.18. The highest BCUT2D eigenvalue weighted by atomic mass is 16.5. The Hall–Kier alpha value is -0.610. The van der Waals surface area contributed by atoms with Gasteiger partial charge in [0, 0.05) is 6.04 Å². The first kappa shape index (κ1) is 17.4. The first-order valence-corrected chi connectivity index (χ1v) is 7.70. The van der Waals surface area contributed by atoms with E-state index >= 15 is 0 Å². The van der Waals surface area contributed by atoms with Crippen LogP contribution in [-0.4, -0.2) is 43.2 Å². The minimum atomic E-state index is -0.763. The van der Waals surface area contributed by atoms with E-state index in [2.05, 4.69) is 39.6 Å². The lowest BCUT2D eigenvalue weighted by molar-refractivity contribution is -0.148. The number of hydrogen-bond acceptors (Lipinski definition) is 4.